The number of aromatic nitrogens is 1. The molecular formula is C9H13NO3. The highest BCUT2D eigenvalue weighted by Gasteiger charge is 2.18. The van der Waals surface area contributed by atoms with Crippen LogP contribution in [-0.4, -0.2) is 21.2 Å². The van der Waals surface area contributed by atoms with Crippen LogP contribution < -0.4 is 0 Å². The minimum Gasteiger partial charge on any atom is -0.477 e. The number of carboxylic acid groups (broad SMARTS) is 1. The van der Waals surface area contributed by atoms with Gasteiger partial charge in [-0.25, -0.2) is 4.79 Å². The van der Waals surface area contributed by atoms with Crippen molar-refractivity contribution in [3.05, 3.63) is 22.5 Å². The van der Waals surface area contributed by atoms with Gasteiger partial charge >= 0.3 is 5.97 Å². The number of aryl methyl sites for hydroxylation is 1. The molecule has 0 aliphatic rings. The Morgan fingerprint density at radius 3 is 2.23 bits per heavy atom. The van der Waals surface area contributed by atoms with E-state index in [1.807, 2.05) is 0 Å². The summed E-state index contributed by atoms with van der Waals surface area (Å²) in [6.07, 6.45) is -0.635. The van der Waals surface area contributed by atoms with E-state index in [2.05, 4.69) is 4.98 Å². The average molecular weight is 183 g/mol. The van der Waals surface area contributed by atoms with Crippen LogP contribution in [0.15, 0.2) is 0 Å². The molecule has 1 atom stereocenters. The first kappa shape index (κ1) is 9.80. The van der Waals surface area contributed by atoms with Crippen molar-refractivity contribution in [1.82, 2.24) is 4.98 Å². The minimum absolute atomic E-state index is 0.161. The molecule has 72 valence electrons. The lowest BCUT2D eigenvalue weighted by molar-refractivity contribution is 0.0690. The molecule has 4 nitrogen and oxygen atoms in total. The Kier molecular flexibility index (Phi) is 2.43. The number of carboxylic acids is 1. The summed E-state index contributed by atoms with van der Waals surface area (Å²) in [6, 6.07) is 0. The third-order valence-electron chi connectivity index (χ3n) is 2.13. The van der Waals surface area contributed by atoms with Crippen LogP contribution >= 0.6 is 0 Å². The van der Waals surface area contributed by atoms with Gasteiger partial charge in [0, 0.05) is 11.3 Å². The maximum Gasteiger partial charge on any atom is 0.352 e. The largest absolute Gasteiger partial charge is 0.477 e. The number of aromatic amines is 1. The number of rotatable bonds is 2. The van der Waals surface area contributed by atoms with Crippen molar-refractivity contribution in [2.45, 2.75) is 26.9 Å². The second kappa shape index (κ2) is 3.22. The van der Waals surface area contributed by atoms with Crippen LogP contribution in [0.5, 0.6) is 0 Å². The third kappa shape index (κ3) is 1.58. The lowest BCUT2D eigenvalue weighted by Crippen LogP contribution is -1.99. The molecule has 0 aromatic carbocycles. The van der Waals surface area contributed by atoms with E-state index in [1.54, 1.807) is 20.8 Å². The molecule has 0 saturated carbocycles. The van der Waals surface area contributed by atoms with Gasteiger partial charge in [-0.05, 0) is 26.3 Å². The molecule has 0 radical (unpaired) electrons. The number of H-pyrrole nitrogens is 1. The molecular weight excluding hydrogens is 170 g/mol. The van der Waals surface area contributed by atoms with Gasteiger partial charge in [-0.1, -0.05) is 0 Å². The van der Waals surface area contributed by atoms with Crippen LogP contribution in [-0.2, 0) is 0 Å². The zero-order chi connectivity index (χ0) is 10.2. The number of hydrogen-bond acceptors (Lipinski definition) is 2. The fraction of sp³-hybridized carbons (Fsp3) is 0.444. The lowest BCUT2D eigenvalue weighted by atomic mass is 10.1. The Bertz CT molecular complexity index is 339. The molecule has 4 heteroatoms. The molecule has 0 bridgehead atoms. The first-order valence-electron chi connectivity index (χ1n) is 4.05. The van der Waals surface area contributed by atoms with Crippen LogP contribution in [0.25, 0.3) is 0 Å². The van der Waals surface area contributed by atoms with Crippen molar-refractivity contribution in [1.29, 1.82) is 0 Å². The summed E-state index contributed by atoms with van der Waals surface area (Å²) in [4.78, 5) is 13.4. The van der Waals surface area contributed by atoms with E-state index in [0.717, 1.165) is 0 Å². The Hall–Kier alpha value is -1.29. The average Bonchev–Trinajstić information content (AvgIpc) is 2.26. The maximum absolute atomic E-state index is 10.7. The molecule has 0 unspecified atom stereocenters. The van der Waals surface area contributed by atoms with Crippen molar-refractivity contribution >= 4 is 5.97 Å². The number of aromatic carboxylic acids is 1. The van der Waals surface area contributed by atoms with E-state index in [0.29, 0.717) is 16.8 Å². The summed E-state index contributed by atoms with van der Waals surface area (Å²) < 4.78 is 0. The monoisotopic (exact) mass is 183 g/mol. The van der Waals surface area contributed by atoms with E-state index >= 15 is 0 Å². The number of aliphatic hydroxyl groups excluding tert-OH is 1. The van der Waals surface area contributed by atoms with Gasteiger partial charge < -0.3 is 15.2 Å². The second-order valence-electron chi connectivity index (χ2n) is 3.14. The van der Waals surface area contributed by atoms with Crippen LogP contribution in [0.2, 0.25) is 0 Å². The van der Waals surface area contributed by atoms with E-state index in [-0.39, 0.29) is 5.69 Å². The van der Waals surface area contributed by atoms with E-state index in [9.17, 15) is 9.90 Å². The second-order valence-corrected chi connectivity index (χ2v) is 3.14. The topological polar surface area (TPSA) is 73.3 Å². The molecule has 0 saturated heterocycles. The fourth-order valence-corrected chi connectivity index (χ4v) is 1.61. The van der Waals surface area contributed by atoms with Gasteiger partial charge in [0.05, 0.1) is 6.10 Å². The van der Waals surface area contributed by atoms with Crippen molar-refractivity contribution < 1.29 is 15.0 Å². The number of hydrogen-bond donors (Lipinski definition) is 3. The van der Waals surface area contributed by atoms with E-state index < -0.39 is 12.1 Å². The zero-order valence-corrected chi connectivity index (χ0v) is 7.88. The smallest absolute Gasteiger partial charge is 0.352 e. The van der Waals surface area contributed by atoms with Crippen molar-refractivity contribution in [3.63, 3.8) is 0 Å². The van der Waals surface area contributed by atoms with E-state index in [1.165, 1.54) is 0 Å². The Labute approximate surface area is 76.2 Å². The predicted molar refractivity (Wildman–Crippen MR) is 47.9 cm³/mol. The standard InChI is InChI=1S/C9H13NO3/c1-4-7(6(3)11)5(2)10-8(4)9(12)13/h6,10-11H,1-3H3,(H,12,13)/t6-/m1/s1. The summed E-state index contributed by atoms with van der Waals surface area (Å²) in [5.41, 5.74) is 2.16. The number of carbonyl (C=O) groups is 1. The molecule has 1 heterocycles. The highest BCUT2D eigenvalue weighted by atomic mass is 16.4. The Morgan fingerprint density at radius 2 is 2.00 bits per heavy atom. The summed E-state index contributed by atoms with van der Waals surface area (Å²) in [7, 11) is 0. The van der Waals surface area contributed by atoms with Crippen LogP contribution in [0.1, 0.15) is 40.3 Å². The predicted octanol–water partition coefficient (Wildman–Crippen LogP) is 1.38. The van der Waals surface area contributed by atoms with Crippen LogP contribution in [0, 0.1) is 13.8 Å². The first-order chi connectivity index (χ1) is 5.95. The molecule has 1 aromatic rings. The highest BCUT2D eigenvalue weighted by molar-refractivity contribution is 5.88. The van der Waals surface area contributed by atoms with Gasteiger partial charge in [0.1, 0.15) is 5.69 Å². The molecule has 0 aliphatic heterocycles. The number of nitrogens with one attached hydrogen (secondary N) is 1. The van der Waals surface area contributed by atoms with Crippen molar-refractivity contribution in [2.75, 3.05) is 0 Å². The van der Waals surface area contributed by atoms with Crippen LogP contribution in [0.3, 0.4) is 0 Å². The molecule has 1 rings (SSSR count). The number of aliphatic hydroxyl groups is 1. The summed E-state index contributed by atoms with van der Waals surface area (Å²) in [5, 5.41) is 18.1. The molecule has 0 aliphatic carbocycles. The van der Waals surface area contributed by atoms with Gasteiger partial charge in [-0.3, -0.25) is 0 Å². The van der Waals surface area contributed by atoms with Gasteiger partial charge in [0.25, 0.3) is 0 Å². The van der Waals surface area contributed by atoms with E-state index in [4.69, 9.17) is 5.11 Å². The first-order valence-corrected chi connectivity index (χ1v) is 4.05. The fourth-order valence-electron chi connectivity index (χ4n) is 1.61. The van der Waals surface area contributed by atoms with Gasteiger partial charge in [0.2, 0.25) is 0 Å². The lowest BCUT2D eigenvalue weighted by Gasteiger charge is -2.04. The van der Waals surface area contributed by atoms with Gasteiger partial charge in [0.15, 0.2) is 0 Å². The maximum atomic E-state index is 10.7. The van der Waals surface area contributed by atoms with Gasteiger partial charge in [-0.15, -0.1) is 0 Å². The third-order valence-corrected chi connectivity index (χ3v) is 2.13. The summed E-state index contributed by atoms with van der Waals surface area (Å²) in [5.74, 6) is -0.993. The molecule has 13 heavy (non-hydrogen) atoms. The quantitative estimate of drug-likeness (QED) is 0.648. The SMILES string of the molecule is Cc1[nH]c(C(=O)O)c(C)c1[C@@H](C)O. The Balaban J connectivity index is 3.30. The van der Waals surface area contributed by atoms with Crippen LogP contribution in [0.4, 0.5) is 0 Å². The molecule has 1 aromatic heterocycles. The normalized spacial score (nSPS) is 12.9. The minimum atomic E-state index is -0.993. The molecule has 0 amide bonds. The highest BCUT2D eigenvalue weighted by Crippen LogP contribution is 2.24. The summed E-state index contributed by atoms with van der Waals surface area (Å²) in [6.45, 7) is 5.06. The Morgan fingerprint density at radius 1 is 1.46 bits per heavy atom. The zero-order valence-electron chi connectivity index (χ0n) is 7.88. The van der Waals surface area contributed by atoms with Crippen molar-refractivity contribution in [3.8, 4) is 0 Å². The molecule has 0 spiro atoms. The summed E-state index contributed by atoms with van der Waals surface area (Å²) >= 11 is 0. The molecule has 0 fully saturated rings. The van der Waals surface area contributed by atoms with Crippen molar-refractivity contribution in [2.24, 2.45) is 0 Å². The van der Waals surface area contributed by atoms with Gasteiger partial charge in [-0.2, -0.15) is 0 Å². The molecule has 3 N–H and O–H groups in total.